The van der Waals surface area contributed by atoms with Crippen molar-refractivity contribution in [1.82, 2.24) is 0 Å². The topological polar surface area (TPSA) is 74.2 Å². The Labute approximate surface area is 159 Å². The molecule has 0 heterocycles. The molecule has 0 radical (unpaired) electrons. The summed E-state index contributed by atoms with van der Waals surface area (Å²) >= 11 is 0. The van der Waals surface area contributed by atoms with Crippen LogP contribution in [0, 0.1) is 5.92 Å². The van der Waals surface area contributed by atoms with Crippen LogP contribution >= 0.6 is 0 Å². The fraction of sp³-hybridized carbons (Fsp3) is 0.947. The quantitative estimate of drug-likeness (QED) is 0.294. The highest BCUT2D eigenvalue weighted by molar-refractivity contribution is 6.60. The minimum atomic E-state index is -2.56. The number of carbonyl (C=O) groups excluding carboxylic acids is 1. The Morgan fingerprint density at radius 2 is 1.69 bits per heavy atom. The van der Waals surface area contributed by atoms with Crippen molar-refractivity contribution in [2.45, 2.75) is 89.4 Å². The number of ether oxygens (including phenoxy) is 1. The molecule has 1 rings (SSSR count). The lowest BCUT2D eigenvalue weighted by molar-refractivity contribution is -0.159. The first-order chi connectivity index (χ1) is 12.5. The van der Waals surface area contributed by atoms with Gasteiger partial charge in [-0.25, -0.2) is 0 Å². The molecule has 0 aromatic heterocycles. The monoisotopic (exact) mass is 390 g/mol. The average Bonchev–Trinajstić information content (AvgIpc) is 2.65. The summed E-state index contributed by atoms with van der Waals surface area (Å²) in [7, 11) is 2.29. The number of rotatable bonds is 13. The van der Waals surface area contributed by atoms with E-state index in [1.165, 1.54) is 19.3 Å². The molecule has 1 N–H and O–H groups in total. The van der Waals surface area contributed by atoms with Crippen molar-refractivity contribution in [2.24, 2.45) is 5.92 Å². The minimum absolute atomic E-state index is 0.173. The summed E-state index contributed by atoms with van der Waals surface area (Å²) in [6, 6.07) is 0.732. The largest absolute Gasteiger partial charge is 0.500 e. The molecule has 0 amide bonds. The zero-order chi connectivity index (χ0) is 19.4. The molecule has 0 aliphatic heterocycles. The highest BCUT2D eigenvalue weighted by Gasteiger charge is 2.39. The van der Waals surface area contributed by atoms with Gasteiger partial charge in [-0.15, -0.1) is 0 Å². The van der Waals surface area contributed by atoms with Crippen molar-refractivity contribution in [3.63, 3.8) is 0 Å². The molecule has 1 aliphatic carbocycles. The lowest BCUT2D eigenvalue weighted by Gasteiger charge is -2.34. The van der Waals surface area contributed by atoms with Crippen molar-refractivity contribution >= 4 is 14.8 Å². The van der Waals surface area contributed by atoms with E-state index in [2.05, 4.69) is 6.92 Å². The molecular weight excluding hydrogens is 352 g/mol. The number of aliphatic hydroxyl groups excluding tert-OH is 1. The first-order valence-corrected chi connectivity index (χ1v) is 12.0. The van der Waals surface area contributed by atoms with Crippen molar-refractivity contribution in [1.29, 1.82) is 0 Å². The van der Waals surface area contributed by atoms with Crippen molar-refractivity contribution in [3.8, 4) is 0 Å². The van der Waals surface area contributed by atoms with E-state index in [-0.39, 0.29) is 12.1 Å². The average molecular weight is 391 g/mol. The SMILES string of the molecule is CCCCCCCC(=O)OC1CCC(CC[Si](OC)(OC)OC)CC1O. The van der Waals surface area contributed by atoms with E-state index in [1.807, 2.05) is 0 Å². The Morgan fingerprint density at radius 1 is 1.04 bits per heavy atom. The molecule has 0 spiro atoms. The number of esters is 1. The van der Waals surface area contributed by atoms with Gasteiger partial charge in [-0.3, -0.25) is 4.79 Å². The zero-order valence-corrected chi connectivity index (χ0v) is 18.0. The van der Waals surface area contributed by atoms with Crippen LogP contribution in [0.25, 0.3) is 0 Å². The molecule has 26 heavy (non-hydrogen) atoms. The van der Waals surface area contributed by atoms with Gasteiger partial charge in [-0.2, -0.15) is 0 Å². The molecule has 1 aliphatic rings. The molecule has 0 aromatic carbocycles. The first-order valence-electron chi connectivity index (χ1n) is 10.0. The van der Waals surface area contributed by atoms with Gasteiger partial charge in [0.25, 0.3) is 0 Å². The Hall–Kier alpha value is -0.473. The van der Waals surface area contributed by atoms with Crippen LogP contribution in [0.4, 0.5) is 0 Å². The molecule has 1 fully saturated rings. The maximum absolute atomic E-state index is 12.0. The Kier molecular flexibility index (Phi) is 11.6. The maximum atomic E-state index is 12.0. The minimum Gasteiger partial charge on any atom is -0.460 e. The molecule has 0 saturated heterocycles. The van der Waals surface area contributed by atoms with Crippen molar-refractivity contribution < 1.29 is 27.9 Å². The van der Waals surface area contributed by atoms with E-state index in [0.29, 0.717) is 18.8 Å². The lowest BCUT2D eigenvalue weighted by atomic mass is 9.84. The summed E-state index contributed by atoms with van der Waals surface area (Å²) < 4.78 is 21.9. The molecule has 3 unspecified atom stereocenters. The predicted molar refractivity (Wildman–Crippen MR) is 103 cm³/mol. The second-order valence-corrected chi connectivity index (χ2v) is 10.4. The molecule has 0 bridgehead atoms. The maximum Gasteiger partial charge on any atom is 0.500 e. The molecule has 154 valence electrons. The highest BCUT2D eigenvalue weighted by atomic mass is 28.4. The number of unbranched alkanes of at least 4 members (excludes halogenated alkanes) is 4. The van der Waals surface area contributed by atoms with Crippen LogP contribution in [0.3, 0.4) is 0 Å². The fourth-order valence-corrected chi connectivity index (χ4v) is 5.52. The van der Waals surface area contributed by atoms with Crippen LogP contribution in [0.1, 0.15) is 71.1 Å². The van der Waals surface area contributed by atoms with Gasteiger partial charge < -0.3 is 23.1 Å². The highest BCUT2D eigenvalue weighted by Crippen LogP contribution is 2.32. The van der Waals surface area contributed by atoms with Gasteiger partial charge in [0.2, 0.25) is 0 Å². The summed E-state index contributed by atoms with van der Waals surface area (Å²) in [5, 5.41) is 10.4. The number of carbonyl (C=O) groups is 1. The number of hydrogen-bond acceptors (Lipinski definition) is 6. The molecule has 0 aromatic rings. The van der Waals surface area contributed by atoms with Gasteiger partial charge in [0.1, 0.15) is 6.10 Å². The normalized spacial score (nSPS) is 23.8. The molecular formula is C19H38O6Si. The van der Waals surface area contributed by atoms with E-state index in [0.717, 1.165) is 38.1 Å². The third-order valence-electron chi connectivity index (χ3n) is 5.42. The fourth-order valence-electron chi connectivity index (χ4n) is 3.64. The lowest BCUT2D eigenvalue weighted by Crippen LogP contribution is -2.44. The van der Waals surface area contributed by atoms with Crippen LogP contribution in [0.15, 0.2) is 0 Å². The van der Waals surface area contributed by atoms with Gasteiger partial charge in [-0.05, 0) is 38.0 Å². The Balaban J connectivity index is 2.29. The number of aliphatic hydroxyl groups is 1. The van der Waals surface area contributed by atoms with Crippen LogP contribution < -0.4 is 0 Å². The molecule has 1 saturated carbocycles. The molecule has 3 atom stereocenters. The third-order valence-corrected chi connectivity index (χ3v) is 8.19. The van der Waals surface area contributed by atoms with Crippen LogP contribution in [-0.2, 0) is 22.8 Å². The Bertz CT molecular complexity index is 380. The van der Waals surface area contributed by atoms with Crippen molar-refractivity contribution in [3.05, 3.63) is 0 Å². The first kappa shape index (κ1) is 23.6. The van der Waals surface area contributed by atoms with Gasteiger partial charge >= 0.3 is 14.8 Å². The van der Waals surface area contributed by atoms with Gasteiger partial charge in [0, 0.05) is 33.8 Å². The van der Waals surface area contributed by atoms with Gasteiger partial charge in [-0.1, -0.05) is 32.6 Å². The van der Waals surface area contributed by atoms with E-state index >= 15 is 0 Å². The van der Waals surface area contributed by atoms with E-state index in [1.54, 1.807) is 21.3 Å². The van der Waals surface area contributed by atoms with Gasteiger partial charge in [0.05, 0.1) is 6.10 Å². The van der Waals surface area contributed by atoms with Gasteiger partial charge in [0.15, 0.2) is 0 Å². The summed E-state index contributed by atoms with van der Waals surface area (Å²) in [5.41, 5.74) is 0. The van der Waals surface area contributed by atoms with Crippen molar-refractivity contribution in [2.75, 3.05) is 21.3 Å². The second-order valence-electron chi connectivity index (χ2n) is 7.27. The number of hydrogen-bond donors (Lipinski definition) is 1. The summed E-state index contributed by atoms with van der Waals surface area (Å²) in [4.78, 5) is 12.0. The second kappa shape index (κ2) is 12.8. The summed E-state index contributed by atoms with van der Waals surface area (Å²) in [6.45, 7) is 2.17. The van der Waals surface area contributed by atoms with E-state index in [9.17, 15) is 9.90 Å². The third kappa shape index (κ3) is 8.04. The van der Waals surface area contributed by atoms with Crippen LogP contribution in [-0.4, -0.2) is 53.4 Å². The van der Waals surface area contributed by atoms with Crippen LogP contribution in [0.2, 0.25) is 6.04 Å². The molecule has 7 heteroatoms. The van der Waals surface area contributed by atoms with E-state index in [4.69, 9.17) is 18.0 Å². The predicted octanol–water partition coefficient (Wildman–Crippen LogP) is 3.69. The van der Waals surface area contributed by atoms with Crippen LogP contribution in [0.5, 0.6) is 0 Å². The standard InChI is InChI=1S/C19H38O6Si/c1-5-6-7-8-9-10-19(21)25-18-12-11-16(15-17(18)20)13-14-26(22-2,23-3)24-4/h16-18,20H,5-15H2,1-4H3. The molecule has 6 nitrogen and oxygen atoms in total. The van der Waals surface area contributed by atoms with E-state index < -0.39 is 14.9 Å². The summed E-state index contributed by atoms with van der Waals surface area (Å²) in [6.07, 6.45) is 8.25. The zero-order valence-electron chi connectivity index (χ0n) is 17.0. The summed E-state index contributed by atoms with van der Waals surface area (Å²) in [5.74, 6) is 0.204. The smallest absolute Gasteiger partial charge is 0.460 e. The Morgan fingerprint density at radius 3 is 2.27 bits per heavy atom.